The first kappa shape index (κ1) is 25.0. The van der Waals surface area contributed by atoms with E-state index in [-0.39, 0.29) is 18.2 Å². The minimum absolute atomic E-state index is 0.0738. The van der Waals surface area contributed by atoms with Crippen LogP contribution in [0.5, 0.6) is 0 Å². The van der Waals surface area contributed by atoms with Crippen LogP contribution >= 0.6 is 0 Å². The van der Waals surface area contributed by atoms with Crippen LogP contribution in [0.4, 0.5) is 30.4 Å². The van der Waals surface area contributed by atoms with E-state index in [4.69, 9.17) is 5.73 Å². The summed E-state index contributed by atoms with van der Waals surface area (Å²) in [7, 11) is 0. The van der Waals surface area contributed by atoms with Gasteiger partial charge >= 0.3 is 6.18 Å². The third-order valence-corrected chi connectivity index (χ3v) is 5.90. The van der Waals surface area contributed by atoms with Crippen LogP contribution in [0, 0.1) is 0 Å². The van der Waals surface area contributed by atoms with Crippen LogP contribution in [-0.2, 0) is 22.2 Å². The molecule has 2 aromatic carbocycles. The summed E-state index contributed by atoms with van der Waals surface area (Å²) in [6.45, 7) is 0. The van der Waals surface area contributed by atoms with Gasteiger partial charge in [0.15, 0.2) is 0 Å². The minimum Gasteiger partial charge on any atom is -0.384 e. The Morgan fingerprint density at radius 1 is 0.861 bits per heavy atom. The van der Waals surface area contributed by atoms with E-state index in [2.05, 4.69) is 15.6 Å². The molecule has 0 atom stereocenters. The summed E-state index contributed by atoms with van der Waals surface area (Å²) in [4.78, 5) is 29.4. The van der Waals surface area contributed by atoms with E-state index >= 15 is 0 Å². The molecule has 1 aliphatic rings. The van der Waals surface area contributed by atoms with Gasteiger partial charge in [0.2, 0.25) is 5.91 Å². The van der Waals surface area contributed by atoms with Crippen molar-refractivity contribution in [1.29, 1.82) is 0 Å². The fourth-order valence-electron chi connectivity index (χ4n) is 4.14. The highest BCUT2D eigenvalue weighted by Gasteiger charge is 2.30. The zero-order valence-corrected chi connectivity index (χ0v) is 19.4. The second-order valence-electron chi connectivity index (χ2n) is 8.55. The Kier molecular flexibility index (Phi) is 7.38. The standard InChI is InChI=1S/C27H25F3N4O2/c28-27(29,30)18-10-8-17(9-11-18)22-5-1-2-6-23(22)26(36)34-20-14-12-19(13-15-20)33-25(35)16-21-4-3-7-24(31)32-21/h3-4,7-15H,1-2,5-6,16H2,(H2,31,32)(H,33,35)(H,34,36). The van der Waals surface area contributed by atoms with Gasteiger partial charge in [-0.1, -0.05) is 18.2 Å². The number of hydrogen-bond acceptors (Lipinski definition) is 4. The Bertz CT molecular complexity index is 1280. The number of benzene rings is 2. The third-order valence-electron chi connectivity index (χ3n) is 5.90. The average molecular weight is 495 g/mol. The zero-order chi connectivity index (χ0) is 25.7. The normalized spacial score (nSPS) is 13.9. The van der Waals surface area contributed by atoms with E-state index in [0.29, 0.717) is 46.9 Å². The van der Waals surface area contributed by atoms with E-state index in [1.807, 2.05) is 0 Å². The number of nitrogen functional groups attached to an aromatic ring is 1. The molecule has 4 rings (SSSR count). The van der Waals surface area contributed by atoms with Crippen molar-refractivity contribution in [2.75, 3.05) is 16.4 Å². The summed E-state index contributed by atoms with van der Waals surface area (Å²) in [5.74, 6) is -0.192. The highest BCUT2D eigenvalue weighted by molar-refractivity contribution is 6.09. The van der Waals surface area contributed by atoms with E-state index in [1.54, 1.807) is 42.5 Å². The third kappa shape index (κ3) is 6.29. The van der Waals surface area contributed by atoms with Crippen LogP contribution in [0.2, 0.25) is 0 Å². The molecule has 9 heteroatoms. The molecule has 0 aliphatic heterocycles. The largest absolute Gasteiger partial charge is 0.416 e. The molecule has 0 spiro atoms. The summed E-state index contributed by atoms with van der Waals surface area (Å²) in [5, 5.41) is 5.64. The average Bonchev–Trinajstić information content (AvgIpc) is 2.85. The minimum atomic E-state index is -4.41. The van der Waals surface area contributed by atoms with Gasteiger partial charge in [-0.25, -0.2) is 4.98 Å². The molecule has 36 heavy (non-hydrogen) atoms. The van der Waals surface area contributed by atoms with Gasteiger partial charge in [0.1, 0.15) is 5.82 Å². The number of anilines is 3. The molecule has 1 heterocycles. The van der Waals surface area contributed by atoms with Crippen molar-refractivity contribution in [3.8, 4) is 0 Å². The molecule has 4 N–H and O–H groups in total. The van der Waals surface area contributed by atoms with Gasteiger partial charge < -0.3 is 16.4 Å². The number of hydrogen-bond donors (Lipinski definition) is 3. The van der Waals surface area contributed by atoms with Crippen molar-refractivity contribution >= 4 is 34.6 Å². The fraction of sp³-hybridized carbons (Fsp3) is 0.222. The Morgan fingerprint density at radius 3 is 2.14 bits per heavy atom. The van der Waals surface area contributed by atoms with Gasteiger partial charge in [0.05, 0.1) is 17.7 Å². The van der Waals surface area contributed by atoms with Crippen molar-refractivity contribution < 1.29 is 22.8 Å². The molecule has 2 amide bonds. The molecule has 186 valence electrons. The fourth-order valence-corrected chi connectivity index (χ4v) is 4.14. The topological polar surface area (TPSA) is 97.1 Å². The van der Waals surface area contributed by atoms with Crippen LogP contribution < -0.4 is 16.4 Å². The molecule has 0 saturated heterocycles. The van der Waals surface area contributed by atoms with Crippen molar-refractivity contribution in [2.24, 2.45) is 0 Å². The molecule has 0 radical (unpaired) electrons. The number of amides is 2. The lowest BCUT2D eigenvalue weighted by atomic mass is 9.86. The van der Waals surface area contributed by atoms with Gasteiger partial charge in [-0.3, -0.25) is 9.59 Å². The second-order valence-corrected chi connectivity index (χ2v) is 8.55. The number of halogens is 3. The van der Waals surface area contributed by atoms with Gasteiger partial charge in [-0.15, -0.1) is 0 Å². The lowest BCUT2D eigenvalue weighted by Gasteiger charge is -2.21. The van der Waals surface area contributed by atoms with E-state index in [1.165, 1.54) is 12.1 Å². The van der Waals surface area contributed by atoms with E-state index in [0.717, 1.165) is 30.5 Å². The number of alkyl halides is 3. The summed E-state index contributed by atoms with van der Waals surface area (Å²) in [6, 6.07) is 16.7. The number of rotatable bonds is 6. The first-order chi connectivity index (χ1) is 17.2. The number of pyridine rings is 1. The summed E-state index contributed by atoms with van der Waals surface area (Å²) >= 11 is 0. The number of allylic oxidation sites excluding steroid dienone is 1. The molecular formula is C27H25F3N4O2. The highest BCUT2D eigenvalue weighted by atomic mass is 19.4. The maximum absolute atomic E-state index is 13.0. The molecule has 0 fully saturated rings. The van der Waals surface area contributed by atoms with Crippen LogP contribution in [0.3, 0.4) is 0 Å². The maximum Gasteiger partial charge on any atom is 0.416 e. The van der Waals surface area contributed by atoms with Crippen LogP contribution in [-0.4, -0.2) is 16.8 Å². The number of nitrogens with one attached hydrogen (secondary N) is 2. The highest BCUT2D eigenvalue weighted by Crippen LogP contribution is 2.35. The molecule has 3 aromatic rings. The number of nitrogens with two attached hydrogens (primary N) is 1. The smallest absolute Gasteiger partial charge is 0.384 e. The Hall–Kier alpha value is -4.14. The van der Waals surface area contributed by atoms with Gasteiger partial charge in [-0.05, 0) is 85.4 Å². The molecule has 0 bridgehead atoms. The predicted octanol–water partition coefficient (Wildman–Crippen LogP) is 5.83. The maximum atomic E-state index is 13.0. The molecule has 6 nitrogen and oxygen atoms in total. The number of carbonyl (C=O) groups is 2. The quantitative estimate of drug-likeness (QED) is 0.402. The van der Waals surface area contributed by atoms with Gasteiger partial charge in [0.25, 0.3) is 5.91 Å². The van der Waals surface area contributed by atoms with Gasteiger partial charge in [-0.2, -0.15) is 13.2 Å². The molecule has 0 saturated carbocycles. The van der Waals surface area contributed by atoms with Crippen LogP contribution in [0.1, 0.15) is 42.5 Å². The molecule has 0 unspecified atom stereocenters. The SMILES string of the molecule is Nc1cccc(CC(=O)Nc2ccc(NC(=O)C3=C(c4ccc(C(F)(F)F)cc4)CCCC3)cc2)n1. The van der Waals surface area contributed by atoms with Gasteiger partial charge in [0, 0.05) is 16.9 Å². The summed E-state index contributed by atoms with van der Waals surface area (Å²) < 4.78 is 38.7. The lowest BCUT2D eigenvalue weighted by Crippen LogP contribution is -2.18. The van der Waals surface area contributed by atoms with Crippen LogP contribution in [0.25, 0.3) is 5.57 Å². The Labute approximate surface area is 206 Å². The molecule has 1 aromatic heterocycles. The molecule has 1 aliphatic carbocycles. The lowest BCUT2D eigenvalue weighted by molar-refractivity contribution is -0.137. The van der Waals surface area contributed by atoms with E-state index < -0.39 is 11.7 Å². The van der Waals surface area contributed by atoms with Crippen molar-refractivity contribution in [3.63, 3.8) is 0 Å². The Morgan fingerprint density at radius 2 is 1.50 bits per heavy atom. The van der Waals surface area contributed by atoms with Crippen molar-refractivity contribution in [2.45, 2.75) is 38.3 Å². The van der Waals surface area contributed by atoms with Crippen molar-refractivity contribution in [1.82, 2.24) is 4.98 Å². The zero-order valence-electron chi connectivity index (χ0n) is 19.4. The summed E-state index contributed by atoms with van der Waals surface area (Å²) in [5.41, 5.74) is 8.55. The van der Waals surface area contributed by atoms with Crippen molar-refractivity contribution in [3.05, 3.63) is 89.1 Å². The first-order valence-corrected chi connectivity index (χ1v) is 11.5. The summed E-state index contributed by atoms with van der Waals surface area (Å²) in [6.07, 6.45) is -1.45. The Balaban J connectivity index is 1.42. The second kappa shape index (κ2) is 10.6. The van der Waals surface area contributed by atoms with Crippen LogP contribution in [0.15, 0.2) is 72.3 Å². The monoisotopic (exact) mass is 494 g/mol. The molecular weight excluding hydrogens is 469 g/mol. The predicted molar refractivity (Wildman–Crippen MR) is 133 cm³/mol. The number of nitrogens with zero attached hydrogens (tertiary/aromatic N) is 1. The number of aromatic nitrogens is 1. The van der Waals surface area contributed by atoms with E-state index in [9.17, 15) is 22.8 Å². The first-order valence-electron chi connectivity index (χ1n) is 11.5. The number of carbonyl (C=O) groups excluding carboxylic acids is 2.